The van der Waals surface area contributed by atoms with Gasteiger partial charge in [0.1, 0.15) is 0 Å². The van der Waals surface area contributed by atoms with Gasteiger partial charge in [0.15, 0.2) is 5.78 Å². The minimum absolute atomic E-state index is 0.0725. The van der Waals surface area contributed by atoms with Crippen LogP contribution in [0.2, 0.25) is 0 Å². The molecule has 0 radical (unpaired) electrons. The number of fused-ring (bicyclic) bond motifs is 1. The summed E-state index contributed by atoms with van der Waals surface area (Å²) in [7, 11) is 0. The molecule has 0 fully saturated rings. The predicted molar refractivity (Wildman–Crippen MR) is 71.9 cm³/mol. The number of hydrogen-bond donors (Lipinski definition) is 0. The van der Waals surface area contributed by atoms with Gasteiger partial charge in [-0.3, -0.25) is 19.7 Å². The molecule has 0 aliphatic carbocycles. The van der Waals surface area contributed by atoms with E-state index in [1.165, 1.54) is 0 Å². The van der Waals surface area contributed by atoms with Crippen LogP contribution in [0.1, 0.15) is 21.5 Å². The molecule has 0 saturated carbocycles. The van der Waals surface area contributed by atoms with Gasteiger partial charge >= 0.3 is 0 Å². The highest BCUT2D eigenvalue weighted by atomic mass is 16.1. The first-order valence-corrected chi connectivity index (χ1v) is 5.92. The first-order chi connectivity index (χ1) is 9.27. The Kier molecular flexibility index (Phi) is 2.76. The molecule has 3 aromatic rings. The second-order valence-corrected chi connectivity index (χ2v) is 4.25. The number of rotatable bonds is 2. The minimum Gasteiger partial charge on any atom is -0.288 e. The van der Waals surface area contributed by atoms with Crippen LogP contribution in [-0.2, 0) is 0 Å². The van der Waals surface area contributed by atoms with Crippen molar-refractivity contribution in [1.82, 2.24) is 15.0 Å². The number of nitrogens with zero attached hydrogens (tertiary/aromatic N) is 3. The Hall–Kier alpha value is -2.62. The fraction of sp³-hybridized carbons (Fsp3) is 0.0667. The molecule has 0 saturated heterocycles. The third kappa shape index (κ3) is 1.97. The zero-order chi connectivity index (χ0) is 13.2. The predicted octanol–water partition coefficient (Wildman–Crippen LogP) is 2.56. The van der Waals surface area contributed by atoms with E-state index in [0.29, 0.717) is 16.6 Å². The molecule has 0 unspecified atom stereocenters. The largest absolute Gasteiger partial charge is 0.288 e. The molecule has 4 heteroatoms. The first kappa shape index (κ1) is 11.5. The number of pyridine rings is 1. The topological polar surface area (TPSA) is 55.7 Å². The first-order valence-electron chi connectivity index (χ1n) is 5.92. The number of benzene rings is 1. The van der Waals surface area contributed by atoms with Gasteiger partial charge in [0.2, 0.25) is 0 Å². The second kappa shape index (κ2) is 4.57. The van der Waals surface area contributed by atoms with Gasteiger partial charge in [-0.15, -0.1) is 0 Å². The summed E-state index contributed by atoms with van der Waals surface area (Å²) in [5, 5.41) is 0. The van der Waals surface area contributed by atoms with E-state index in [4.69, 9.17) is 0 Å². The van der Waals surface area contributed by atoms with Crippen molar-refractivity contribution >= 4 is 16.8 Å². The van der Waals surface area contributed by atoms with Crippen LogP contribution in [0.15, 0.2) is 49.1 Å². The van der Waals surface area contributed by atoms with Crippen molar-refractivity contribution in [2.24, 2.45) is 0 Å². The molecule has 3 rings (SSSR count). The molecule has 0 amide bonds. The van der Waals surface area contributed by atoms with Crippen LogP contribution < -0.4 is 0 Å². The Morgan fingerprint density at radius 2 is 1.84 bits per heavy atom. The lowest BCUT2D eigenvalue weighted by Gasteiger charge is -2.06. The van der Waals surface area contributed by atoms with Gasteiger partial charge in [0.25, 0.3) is 0 Å². The third-order valence-electron chi connectivity index (χ3n) is 3.03. The SMILES string of the molecule is Cc1ccncc1C(=O)c1cccc2nccnc12. The molecule has 2 heterocycles. The van der Waals surface area contributed by atoms with Crippen molar-refractivity contribution in [2.45, 2.75) is 6.92 Å². The van der Waals surface area contributed by atoms with Gasteiger partial charge in [-0.25, -0.2) is 0 Å². The molecular formula is C15H11N3O. The number of carbonyl (C=O) groups excluding carboxylic acids is 1. The molecular weight excluding hydrogens is 238 g/mol. The monoisotopic (exact) mass is 249 g/mol. The summed E-state index contributed by atoms with van der Waals surface area (Å²) in [6.45, 7) is 1.89. The van der Waals surface area contributed by atoms with E-state index in [0.717, 1.165) is 11.1 Å². The summed E-state index contributed by atoms with van der Waals surface area (Å²) >= 11 is 0. The average molecular weight is 249 g/mol. The van der Waals surface area contributed by atoms with Gasteiger partial charge in [-0.05, 0) is 30.7 Å². The number of aromatic nitrogens is 3. The van der Waals surface area contributed by atoms with Gasteiger partial charge in [0.05, 0.1) is 16.6 Å². The summed E-state index contributed by atoms with van der Waals surface area (Å²) in [6.07, 6.45) is 6.48. The highest BCUT2D eigenvalue weighted by molar-refractivity contribution is 6.15. The molecule has 19 heavy (non-hydrogen) atoms. The zero-order valence-electron chi connectivity index (χ0n) is 10.4. The summed E-state index contributed by atoms with van der Waals surface area (Å²) in [4.78, 5) is 25.1. The van der Waals surface area contributed by atoms with Crippen LogP contribution >= 0.6 is 0 Å². The van der Waals surface area contributed by atoms with Crippen molar-refractivity contribution in [3.05, 3.63) is 65.7 Å². The van der Waals surface area contributed by atoms with Crippen LogP contribution in [0.3, 0.4) is 0 Å². The third-order valence-corrected chi connectivity index (χ3v) is 3.03. The fourth-order valence-corrected chi connectivity index (χ4v) is 2.02. The molecule has 0 aliphatic heterocycles. The van der Waals surface area contributed by atoms with Gasteiger partial charge < -0.3 is 0 Å². The molecule has 1 aromatic carbocycles. The average Bonchev–Trinajstić information content (AvgIpc) is 2.46. The molecule has 0 bridgehead atoms. The van der Waals surface area contributed by atoms with Gasteiger partial charge in [-0.1, -0.05) is 6.07 Å². The molecule has 0 spiro atoms. The van der Waals surface area contributed by atoms with Crippen molar-refractivity contribution in [1.29, 1.82) is 0 Å². The highest BCUT2D eigenvalue weighted by Gasteiger charge is 2.15. The van der Waals surface area contributed by atoms with E-state index in [1.807, 2.05) is 25.1 Å². The number of aryl methyl sites for hydroxylation is 1. The number of hydrogen-bond acceptors (Lipinski definition) is 4. The van der Waals surface area contributed by atoms with E-state index in [-0.39, 0.29) is 5.78 Å². The van der Waals surface area contributed by atoms with E-state index in [9.17, 15) is 4.79 Å². The fourth-order valence-electron chi connectivity index (χ4n) is 2.02. The Morgan fingerprint density at radius 3 is 2.68 bits per heavy atom. The van der Waals surface area contributed by atoms with Crippen molar-refractivity contribution in [3.63, 3.8) is 0 Å². The molecule has 0 N–H and O–H groups in total. The highest BCUT2D eigenvalue weighted by Crippen LogP contribution is 2.19. The number of para-hydroxylation sites is 1. The molecule has 92 valence electrons. The van der Waals surface area contributed by atoms with Crippen LogP contribution in [-0.4, -0.2) is 20.7 Å². The van der Waals surface area contributed by atoms with E-state index in [1.54, 1.807) is 30.9 Å². The summed E-state index contributed by atoms with van der Waals surface area (Å²) in [6, 6.07) is 7.25. The van der Waals surface area contributed by atoms with Crippen molar-refractivity contribution in [3.8, 4) is 0 Å². The van der Waals surface area contributed by atoms with Crippen molar-refractivity contribution < 1.29 is 4.79 Å². The van der Waals surface area contributed by atoms with Crippen LogP contribution in [0.4, 0.5) is 0 Å². The lowest BCUT2D eigenvalue weighted by molar-refractivity contribution is 0.103. The zero-order valence-corrected chi connectivity index (χ0v) is 10.4. The molecule has 4 nitrogen and oxygen atoms in total. The maximum atomic E-state index is 12.6. The van der Waals surface area contributed by atoms with E-state index < -0.39 is 0 Å². The Bertz CT molecular complexity index is 763. The summed E-state index contributed by atoms with van der Waals surface area (Å²) in [5.74, 6) is -0.0725. The van der Waals surface area contributed by atoms with Crippen LogP contribution in [0.5, 0.6) is 0 Å². The Balaban J connectivity index is 2.20. The Morgan fingerprint density at radius 1 is 1.00 bits per heavy atom. The number of carbonyl (C=O) groups is 1. The van der Waals surface area contributed by atoms with E-state index in [2.05, 4.69) is 15.0 Å². The lowest BCUT2D eigenvalue weighted by Crippen LogP contribution is -2.06. The standard InChI is InChI=1S/C15H11N3O/c1-10-5-6-16-9-12(10)15(19)11-3-2-4-13-14(11)18-8-7-17-13/h2-9H,1H3. The summed E-state index contributed by atoms with van der Waals surface area (Å²) in [5.41, 5.74) is 3.40. The molecule has 0 atom stereocenters. The smallest absolute Gasteiger partial charge is 0.197 e. The minimum atomic E-state index is -0.0725. The lowest BCUT2D eigenvalue weighted by atomic mass is 10.00. The number of ketones is 1. The quantitative estimate of drug-likeness (QED) is 0.655. The molecule has 2 aromatic heterocycles. The van der Waals surface area contributed by atoms with E-state index >= 15 is 0 Å². The normalized spacial score (nSPS) is 10.6. The van der Waals surface area contributed by atoms with Crippen LogP contribution in [0, 0.1) is 6.92 Å². The van der Waals surface area contributed by atoms with Gasteiger partial charge in [0, 0.05) is 30.4 Å². The van der Waals surface area contributed by atoms with Crippen LogP contribution in [0.25, 0.3) is 11.0 Å². The Labute approximate surface area is 110 Å². The maximum absolute atomic E-state index is 12.6. The van der Waals surface area contributed by atoms with Gasteiger partial charge in [-0.2, -0.15) is 0 Å². The molecule has 0 aliphatic rings. The summed E-state index contributed by atoms with van der Waals surface area (Å²) < 4.78 is 0. The second-order valence-electron chi connectivity index (χ2n) is 4.25. The maximum Gasteiger partial charge on any atom is 0.197 e. The van der Waals surface area contributed by atoms with Crippen molar-refractivity contribution in [2.75, 3.05) is 0 Å².